The van der Waals surface area contributed by atoms with Gasteiger partial charge in [0.15, 0.2) is 0 Å². The van der Waals surface area contributed by atoms with E-state index < -0.39 is 23.6 Å². The van der Waals surface area contributed by atoms with Crippen molar-refractivity contribution >= 4 is 46.4 Å². The van der Waals surface area contributed by atoms with Gasteiger partial charge in [0, 0.05) is 194 Å². The van der Waals surface area contributed by atoms with Gasteiger partial charge in [0.2, 0.25) is 0 Å². The Morgan fingerprint density at radius 1 is 0.328 bits per heavy atom. The second kappa shape index (κ2) is 74.6. The van der Waals surface area contributed by atoms with E-state index in [2.05, 4.69) is 83.1 Å². The molecule has 5 saturated heterocycles. The third-order valence-electron chi connectivity index (χ3n) is 16.1. The van der Waals surface area contributed by atoms with Crippen LogP contribution in [0.2, 0.25) is 0 Å². The van der Waals surface area contributed by atoms with Gasteiger partial charge in [-0.3, -0.25) is 9.97 Å². The summed E-state index contributed by atoms with van der Waals surface area (Å²) in [5, 5.41) is 205. The maximum atomic E-state index is 9.10. The first-order valence-electron chi connectivity index (χ1n) is 34.4. The van der Waals surface area contributed by atoms with Crippen LogP contribution >= 0.6 is 0 Å². The molecule has 0 radical (unpaired) electrons. The molecule has 0 amide bonds. The molecule has 42 heteroatoms. The van der Waals surface area contributed by atoms with E-state index in [9.17, 15) is 0 Å². The Bertz CT molecular complexity index is 3500. The van der Waals surface area contributed by atoms with Gasteiger partial charge in [-0.05, 0) is 93.4 Å². The largest absolute Gasteiger partial charge is 0.679 e. The number of piperidine rings is 5. The average molecular weight is 2020 g/mol. The van der Waals surface area contributed by atoms with Crippen molar-refractivity contribution in [2.75, 3.05) is 53.5 Å². The van der Waals surface area contributed by atoms with E-state index in [4.69, 9.17) is 92.7 Å². The zero-order valence-electron chi connectivity index (χ0n) is 65.7. The van der Waals surface area contributed by atoms with Gasteiger partial charge in [0.25, 0.3) is 23.6 Å². The fourth-order valence-electron chi connectivity index (χ4n) is 10.8. The minimum Gasteiger partial charge on any atom is -0.679 e. The van der Waals surface area contributed by atoms with Crippen molar-refractivity contribution in [1.29, 1.82) is 0 Å². The van der Waals surface area contributed by atoms with Crippen LogP contribution in [-0.4, -0.2) is 233 Å². The topological polar surface area (TPSA) is 573 Å². The Morgan fingerprint density at radius 2 is 0.603 bits per heavy atom. The minimum absolute atomic E-state index is 0. The van der Waals surface area contributed by atoms with E-state index in [1.807, 2.05) is 42.5 Å². The summed E-state index contributed by atoms with van der Waals surface area (Å²) in [4.78, 5) is 8.28. The number of aliphatic hydroxyl groups excluding tert-OH is 6. The van der Waals surface area contributed by atoms with Gasteiger partial charge < -0.3 is 125 Å². The number of aromatic nitrogens is 2. The molecule has 6 aliphatic heterocycles. The van der Waals surface area contributed by atoms with E-state index in [1.54, 1.807) is 73.1 Å². The second-order valence-corrected chi connectivity index (χ2v) is 23.1. The molecule has 116 heavy (non-hydrogen) atoms. The summed E-state index contributed by atoms with van der Waals surface area (Å²) in [7, 11) is 2.00. The van der Waals surface area contributed by atoms with Gasteiger partial charge in [0.1, 0.15) is 28.7 Å². The van der Waals surface area contributed by atoms with Crippen molar-refractivity contribution in [2.24, 2.45) is 41.2 Å². The second-order valence-electron chi connectivity index (χ2n) is 23.1. The fourth-order valence-corrected chi connectivity index (χ4v) is 10.8. The molecule has 0 bridgehead atoms. The number of pyridine rings is 2. The summed E-state index contributed by atoms with van der Waals surface area (Å²) in [6, 6.07) is 35.7. The number of hydrogen-bond acceptors (Lipinski definition) is 24. The Morgan fingerprint density at radius 3 is 0.819 bits per heavy atom. The van der Waals surface area contributed by atoms with Crippen LogP contribution in [0.4, 0.5) is 0 Å². The smallest absolute Gasteiger partial charge is 0.258 e. The molecule has 5 atom stereocenters. The van der Waals surface area contributed by atoms with Crippen molar-refractivity contribution in [3.8, 4) is 23.0 Å². The summed E-state index contributed by atoms with van der Waals surface area (Å²) in [6.45, 7) is 5.12. The zero-order valence-corrected chi connectivity index (χ0v) is 89.4. The van der Waals surface area contributed by atoms with Crippen molar-refractivity contribution in [3.05, 3.63) is 235 Å². The number of phenols is 4. The van der Waals surface area contributed by atoms with Crippen LogP contribution in [0.5, 0.6) is 23.0 Å². The third-order valence-corrected chi connectivity index (χ3v) is 16.1. The van der Waals surface area contributed by atoms with Gasteiger partial charge in [0.05, 0.1) is 39.4 Å². The van der Waals surface area contributed by atoms with Gasteiger partial charge in [-0.25, -0.2) is 0 Å². The quantitative estimate of drug-likeness (QED) is 0.0178. The van der Waals surface area contributed by atoms with E-state index in [0.717, 1.165) is 109 Å². The van der Waals surface area contributed by atoms with Crippen LogP contribution in [0, 0.1) is 0 Å². The maximum Gasteiger partial charge on any atom is 0.258 e. The predicted octanol–water partition coefficient (Wildman–Crippen LogP) is 13.2. The van der Waals surface area contributed by atoms with E-state index >= 15 is 0 Å². The first kappa shape index (κ1) is 120. The molecular weight excluding hydrogens is 1920 g/mol. The molecule has 0 spiro atoms. The van der Waals surface area contributed by atoms with Gasteiger partial charge in [-0.1, -0.05) is 210 Å². The molecule has 18 N–H and O–H groups in total. The van der Waals surface area contributed by atoms with Crippen molar-refractivity contribution in [3.63, 3.8) is 0 Å². The van der Waals surface area contributed by atoms with Crippen LogP contribution in [0.15, 0.2) is 211 Å². The van der Waals surface area contributed by atoms with Crippen LogP contribution in [-0.2, 0) is 156 Å². The monoisotopic (exact) mass is 2010 g/mol. The summed E-state index contributed by atoms with van der Waals surface area (Å²) in [6.07, 6.45) is 25.8. The number of rotatable bonds is 12. The molecule has 0 saturated carbocycles. The molecule has 0 aliphatic carbocycles. The van der Waals surface area contributed by atoms with Gasteiger partial charge >= 0.3 is 0 Å². The van der Waals surface area contributed by atoms with Crippen molar-refractivity contribution < 1.29 is 249 Å². The number of oxime groups is 8. The van der Waals surface area contributed by atoms with Crippen LogP contribution in [0.3, 0.4) is 0 Å². The van der Waals surface area contributed by atoms with E-state index in [-0.39, 0.29) is 231 Å². The molecule has 5 unspecified atom stereocenters. The fraction of sp³-hybridized carbons (Fsp3) is 0.378. The number of nitrogens with zero attached hydrogens (tertiary/aromatic N) is 16. The number of aromatic hydroxyl groups is 4. The number of aliphatic hydroxyl groups is 6. The normalized spacial score (nSPS) is 17.8. The Labute approximate surface area is 777 Å². The minimum atomic E-state index is -0.594. The van der Waals surface area contributed by atoms with Gasteiger partial charge in [-0.15, -0.1) is 61.4 Å². The molecule has 4 aromatic carbocycles. The molecule has 5 fully saturated rings. The SMILES string of the molecule is CO.CO.ON=C(C1=CC=CC[N-]1)c1ccccn1.ON=C(C1CCCC[N-]1)C1CCCC[N-]1.ON=C(C1CCCC[N-]1)C1CCCC[N-]1.ON=C(O)c1ccccc1O.ON=C(O)c1ccccc1O.ON=C(O)c1ccccc1O.ON=C(O)c1ccccc1O.ON=C(c1ccccn1)C1CCCC[N-]1.[Zn].[Zn].[Zn].[Zn].[Zn].[Zn].[Zn].[Zn]. The summed E-state index contributed by atoms with van der Waals surface area (Å²) >= 11 is 0. The standard InChI is InChI=1S/2C11H19N3O.C11H14N3O.C11H10N3O.4C7H7NO3.2CH4O.8Zn/c4*15-14-11(9-5-1-3-7-12-9)10-6-2-4-8-13-10;4*9-6-4-2-1-3-5(6)7(10)8-11;2*1-2;;;;;;;;/h2*9-10,15H,1-8H2;1,3,5,7,10,15H,2,4,6,8H2;1-7,15H,8H2;4*1-4,9,11H,(H,8,10);2*2H,1H3;;;;;;;;/q2*-2;2*-1;;;;;;;;;;;;;;. The number of allylic oxidation sites excluding steroid dienone is 3. The number of benzene rings is 4. The van der Waals surface area contributed by atoms with E-state index in [0.29, 0.717) is 29.4 Å². The van der Waals surface area contributed by atoms with Crippen LogP contribution < -0.4 is 0 Å². The van der Waals surface area contributed by atoms with Crippen molar-refractivity contribution in [2.45, 2.75) is 127 Å². The maximum absolute atomic E-state index is 9.10. The van der Waals surface area contributed by atoms with Gasteiger partial charge in [-0.2, -0.15) is 0 Å². The Kier molecular flexibility index (Phi) is 77.3. The predicted molar refractivity (Wildman–Crippen MR) is 411 cm³/mol. The van der Waals surface area contributed by atoms with Crippen molar-refractivity contribution in [1.82, 2.24) is 9.97 Å². The molecule has 6 aromatic rings. The Hall–Kier alpha value is -6.67. The van der Waals surface area contributed by atoms with Crippen LogP contribution in [0.1, 0.15) is 130 Å². The Balaban J connectivity index is -0.000000294. The summed E-state index contributed by atoms with van der Waals surface area (Å²) in [5.74, 6) is -2.87. The molecule has 12 rings (SSSR count). The number of phenolic OH excluding ortho intramolecular Hbond substituents is 4. The molecule has 8 heterocycles. The van der Waals surface area contributed by atoms with Crippen LogP contribution in [0.25, 0.3) is 31.9 Å². The molecule has 34 nitrogen and oxygen atoms in total. The molecule has 604 valence electrons. The molecule has 6 aliphatic rings. The summed E-state index contributed by atoms with van der Waals surface area (Å²) in [5.41, 5.74) is 5.04. The molecular formula is C74H98N16O18Zn8-6. The first-order chi connectivity index (χ1) is 52.7. The first-order valence-corrected chi connectivity index (χ1v) is 34.4. The zero-order chi connectivity index (χ0) is 79.1. The summed E-state index contributed by atoms with van der Waals surface area (Å²) < 4.78 is 0. The number of para-hydroxylation sites is 4. The molecule has 2 aromatic heterocycles. The average Bonchev–Trinajstić information content (AvgIpc) is 0.845. The third kappa shape index (κ3) is 44.4. The number of hydrogen-bond donors (Lipinski definition) is 18. The van der Waals surface area contributed by atoms with E-state index in [1.165, 1.54) is 99.9 Å².